The normalized spacial score (nSPS) is 19.2. The minimum absolute atomic E-state index is 0.230. The van der Waals surface area contributed by atoms with Gasteiger partial charge >= 0.3 is 0 Å². The van der Waals surface area contributed by atoms with E-state index >= 15 is 0 Å². The molecule has 0 aromatic carbocycles. The average Bonchev–Trinajstić information content (AvgIpc) is 2.62. The maximum atomic E-state index is 14.7. The molecule has 0 aliphatic rings. The Hall–Kier alpha value is -0.230. The van der Waals surface area contributed by atoms with Crippen LogP contribution in [0, 0.1) is 17.8 Å². The van der Waals surface area contributed by atoms with Gasteiger partial charge in [0, 0.05) is 5.92 Å². The van der Waals surface area contributed by atoms with Crippen LogP contribution >= 0.6 is 0 Å². The second-order valence-corrected chi connectivity index (χ2v) is 8.04. The summed E-state index contributed by atoms with van der Waals surface area (Å²) in [4.78, 5) is 0. The first-order chi connectivity index (χ1) is 12.3. The minimum atomic E-state index is -1.77. The number of halogens is 1. The van der Waals surface area contributed by atoms with Crippen molar-refractivity contribution in [3.8, 4) is 0 Å². The van der Waals surface area contributed by atoms with Crippen molar-refractivity contribution in [1.29, 1.82) is 0 Å². The fourth-order valence-corrected chi connectivity index (χ4v) is 3.61. The summed E-state index contributed by atoms with van der Waals surface area (Å²) in [6.07, 6.45) is 3.60. The smallest absolute Gasteiger partial charge is 0.154 e. The van der Waals surface area contributed by atoms with Crippen LogP contribution < -0.4 is 0 Å². The van der Waals surface area contributed by atoms with Gasteiger partial charge in [-0.2, -0.15) is 0 Å². The van der Waals surface area contributed by atoms with Gasteiger partial charge in [-0.05, 0) is 24.7 Å². The van der Waals surface area contributed by atoms with Crippen LogP contribution in [0.2, 0.25) is 0 Å². The van der Waals surface area contributed by atoms with Crippen LogP contribution in [0.15, 0.2) is 0 Å². The number of hydrogen-bond donors (Lipinski definition) is 4. The lowest BCUT2D eigenvalue weighted by atomic mass is 9.80. The molecular formula is C21H43FO4. The molecule has 0 aliphatic carbocycles. The molecule has 4 N–H and O–H groups in total. The summed E-state index contributed by atoms with van der Waals surface area (Å²) in [7, 11) is 0. The molecule has 0 aliphatic heterocycles. The number of rotatable bonds is 16. The van der Waals surface area contributed by atoms with Crippen LogP contribution in [0.3, 0.4) is 0 Å². The Balaban J connectivity index is 4.54. The van der Waals surface area contributed by atoms with Gasteiger partial charge in [-0.15, -0.1) is 0 Å². The van der Waals surface area contributed by atoms with Crippen molar-refractivity contribution in [1.82, 2.24) is 0 Å². The second kappa shape index (κ2) is 14.8. The number of aliphatic hydroxyl groups is 4. The van der Waals surface area contributed by atoms with Crippen molar-refractivity contribution in [2.75, 3.05) is 0 Å². The number of aliphatic hydroxyl groups excluding tert-OH is 3. The lowest BCUT2D eigenvalue weighted by Gasteiger charge is -2.34. The molecule has 158 valence electrons. The maximum absolute atomic E-state index is 14.7. The summed E-state index contributed by atoms with van der Waals surface area (Å²) in [6, 6.07) is 0. The minimum Gasteiger partial charge on any atom is -0.390 e. The molecule has 0 aromatic rings. The van der Waals surface area contributed by atoms with Gasteiger partial charge in [-0.3, -0.25) is 0 Å². The highest BCUT2D eigenvalue weighted by atomic mass is 19.1. The Morgan fingerprint density at radius 3 is 1.73 bits per heavy atom. The molecular weight excluding hydrogens is 335 g/mol. The molecule has 0 aromatic heterocycles. The van der Waals surface area contributed by atoms with Gasteiger partial charge in [0.05, 0.1) is 12.2 Å². The van der Waals surface area contributed by atoms with E-state index in [9.17, 15) is 24.8 Å². The molecule has 0 heterocycles. The van der Waals surface area contributed by atoms with Gasteiger partial charge in [0.2, 0.25) is 0 Å². The van der Waals surface area contributed by atoms with E-state index in [4.69, 9.17) is 0 Å². The van der Waals surface area contributed by atoms with Crippen LogP contribution in [0.1, 0.15) is 91.9 Å². The van der Waals surface area contributed by atoms with E-state index in [1.54, 1.807) is 6.92 Å². The quantitative estimate of drug-likeness (QED) is 0.240. The first kappa shape index (κ1) is 25.8. The highest BCUT2D eigenvalue weighted by Gasteiger charge is 2.38. The largest absolute Gasteiger partial charge is 0.390 e. The maximum Gasteiger partial charge on any atom is 0.154 e. The molecule has 0 fully saturated rings. The van der Waals surface area contributed by atoms with Gasteiger partial charge < -0.3 is 20.4 Å². The van der Waals surface area contributed by atoms with E-state index in [0.717, 1.165) is 44.9 Å². The fourth-order valence-electron chi connectivity index (χ4n) is 3.61. The number of unbranched alkanes of at least 4 members (excludes halogenated alkanes) is 6. The van der Waals surface area contributed by atoms with E-state index in [1.807, 2.05) is 6.92 Å². The molecule has 0 rings (SSSR count). The zero-order chi connectivity index (χ0) is 20.1. The van der Waals surface area contributed by atoms with Gasteiger partial charge in [-0.1, -0.05) is 79.1 Å². The van der Waals surface area contributed by atoms with Crippen molar-refractivity contribution in [3.05, 3.63) is 0 Å². The van der Waals surface area contributed by atoms with Crippen molar-refractivity contribution < 1.29 is 24.8 Å². The Morgan fingerprint density at radius 1 is 0.692 bits per heavy atom. The van der Waals surface area contributed by atoms with Crippen LogP contribution in [-0.4, -0.2) is 45.1 Å². The Bertz CT molecular complexity index is 327. The molecule has 0 spiro atoms. The Labute approximate surface area is 159 Å². The van der Waals surface area contributed by atoms with Crippen LogP contribution in [-0.2, 0) is 0 Å². The SMILES string of the molecule is CCCCCCCC(C)C(O)C(F)[C@H](O)C(C)C(CCCCC)C(O)O. The molecule has 0 bridgehead atoms. The monoisotopic (exact) mass is 378 g/mol. The molecule has 0 saturated carbocycles. The standard InChI is InChI=1S/C21H43FO4/c1-5-7-9-10-12-13-15(3)19(23)18(22)20(24)16(4)17(21(25)26)14-11-8-6-2/h15-21,23-26H,5-14H2,1-4H3/t15?,16?,17?,18?,19?,20-/m1/s1. The highest BCUT2D eigenvalue weighted by Crippen LogP contribution is 2.30. The second-order valence-electron chi connectivity index (χ2n) is 8.04. The Kier molecular flexibility index (Phi) is 14.7. The topological polar surface area (TPSA) is 80.9 Å². The lowest BCUT2D eigenvalue weighted by Crippen LogP contribution is -2.45. The van der Waals surface area contributed by atoms with E-state index in [2.05, 4.69) is 13.8 Å². The summed E-state index contributed by atoms with van der Waals surface area (Å²) < 4.78 is 14.7. The average molecular weight is 379 g/mol. The van der Waals surface area contributed by atoms with E-state index in [-0.39, 0.29) is 5.92 Å². The molecule has 0 radical (unpaired) electrons. The van der Waals surface area contributed by atoms with E-state index in [1.165, 1.54) is 12.8 Å². The number of alkyl halides is 1. The van der Waals surface area contributed by atoms with E-state index in [0.29, 0.717) is 6.42 Å². The predicted octanol–water partition coefficient (Wildman–Crippen LogP) is 4.19. The zero-order valence-corrected chi connectivity index (χ0v) is 17.3. The van der Waals surface area contributed by atoms with Crippen molar-refractivity contribution in [3.63, 3.8) is 0 Å². The first-order valence-corrected chi connectivity index (χ1v) is 10.6. The fraction of sp³-hybridized carbons (Fsp3) is 1.00. The summed E-state index contributed by atoms with van der Waals surface area (Å²) in [5.41, 5.74) is 0. The van der Waals surface area contributed by atoms with Crippen molar-refractivity contribution >= 4 is 0 Å². The summed E-state index contributed by atoms with van der Waals surface area (Å²) in [6.45, 7) is 7.66. The number of hydrogen-bond acceptors (Lipinski definition) is 4. The van der Waals surface area contributed by atoms with Gasteiger partial charge in [0.25, 0.3) is 0 Å². The van der Waals surface area contributed by atoms with Crippen LogP contribution in [0.5, 0.6) is 0 Å². The Morgan fingerprint density at radius 2 is 1.19 bits per heavy atom. The lowest BCUT2D eigenvalue weighted by molar-refractivity contribution is -0.133. The molecule has 4 nitrogen and oxygen atoms in total. The third kappa shape index (κ3) is 9.63. The van der Waals surface area contributed by atoms with Crippen molar-refractivity contribution in [2.45, 2.75) is 117 Å². The summed E-state index contributed by atoms with van der Waals surface area (Å²) in [5, 5.41) is 39.9. The molecule has 5 heteroatoms. The third-order valence-corrected chi connectivity index (χ3v) is 5.74. The van der Waals surface area contributed by atoms with Gasteiger partial charge in [-0.25, -0.2) is 4.39 Å². The zero-order valence-electron chi connectivity index (χ0n) is 17.3. The molecule has 5 unspecified atom stereocenters. The first-order valence-electron chi connectivity index (χ1n) is 10.6. The highest BCUT2D eigenvalue weighted by molar-refractivity contribution is 4.86. The van der Waals surface area contributed by atoms with Crippen molar-refractivity contribution in [2.24, 2.45) is 17.8 Å². The van der Waals surface area contributed by atoms with Crippen LogP contribution in [0.4, 0.5) is 4.39 Å². The molecule has 0 saturated heterocycles. The van der Waals surface area contributed by atoms with Crippen LogP contribution in [0.25, 0.3) is 0 Å². The third-order valence-electron chi connectivity index (χ3n) is 5.74. The van der Waals surface area contributed by atoms with Gasteiger partial charge in [0.1, 0.15) is 0 Å². The summed E-state index contributed by atoms with van der Waals surface area (Å²) >= 11 is 0. The van der Waals surface area contributed by atoms with Gasteiger partial charge in [0.15, 0.2) is 12.5 Å². The molecule has 0 amide bonds. The molecule has 6 atom stereocenters. The molecule has 26 heavy (non-hydrogen) atoms. The van der Waals surface area contributed by atoms with E-state index < -0.39 is 36.5 Å². The predicted molar refractivity (Wildman–Crippen MR) is 104 cm³/mol. The summed E-state index contributed by atoms with van der Waals surface area (Å²) in [5.74, 6) is -1.45.